The number of nitrogens with zero attached hydrogens (tertiary/aromatic N) is 1. The molecule has 0 fully saturated rings. The Morgan fingerprint density at radius 2 is 2.33 bits per heavy atom. The van der Waals surface area contributed by atoms with E-state index in [0.29, 0.717) is 25.3 Å². The van der Waals surface area contributed by atoms with E-state index >= 15 is 0 Å². The van der Waals surface area contributed by atoms with E-state index in [-0.39, 0.29) is 0 Å². The fraction of sp³-hybridized carbons (Fsp3) is 0.400. The lowest BCUT2D eigenvalue weighted by molar-refractivity contribution is 0.0989. The van der Waals surface area contributed by atoms with Crippen LogP contribution in [0.2, 0.25) is 0 Å². The Morgan fingerprint density at radius 1 is 1.60 bits per heavy atom. The van der Waals surface area contributed by atoms with Gasteiger partial charge >= 0.3 is 0 Å². The molecule has 1 amide bonds. The number of primary amides is 1. The molecule has 0 aliphatic heterocycles. The number of rotatable bonds is 5. The molecule has 1 aromatic heterocycles. The van der Waals surface area contributed by atoms with Crippen molar-refractivity contribution in [3.05, 3.63) is 29.1 Å². The number of carbonyl (C=O) groups excluding carboxylic acids is 1. The largest absolute Gasteiger partial charge is 0.377 e. The second kappa shape index (κ2) is 5.43. The minimum atomic E-state index is -0.499. The van der Waals surface area contributed by atoms with Gasteiger partial charge in [0.2, 0.25) is 0 Å². The Hall–Kier alpha value is -1.46. The highest BCUT2D eigenvalue weighted by Crippen LogP contribution is 2.10. The third-order valence-electron chi connectivity index (χ3n) is 1.98. The quantitative estimate of drug-likeness (QED) is 0.723. The van der Waals surface area contributed by atoms with Crippen LogP contribution in [0.5, 0.6) is 0 Å². The standard InChI is InChI=1S/C10H15N3O2/c1-2-15-6-7-3-8(4-11)13-5-9(7)10(12)14/h3,5H,2,4,6,11H2,1H3,(H2,12,14). The van der Waals surface area contributed by atoms with Gasteiger partial charge in [-0.25, -0.2) is 0 Å². The summed E-state index contributed by atoms with van der Waals surface area (Å²) in [5, 5.41) is 0. The number of aromatic nitrogens is 1. The Bertz CT molecular complexity index is 353. The smallest absolute Gasteiger partial charge is 0.250 e. The molecule has 0 atom stereocenters. The zero-order chi connectivity index (χ0) is 11.3. The van der Waals surface area contributed by atoms with Crippen molar-refractivity contribution in [3.63, 3.8) is 0 Å². The van der Waals surface area contributed by atoms with E-state index in [2.05, 4.69) is 4.98 Å². The maximum Gasteiger partial charge on any atom is 0.250 e. The van der Waals surface area contributed by atoms with Crippen molar-refractivity contribution in [1.29, 1.82) is 0 Å². The Labute approximate surface area is 88.4 Å². The molecule has 0 spiro atoms. The highest BCUT2D eigenvalue weighted by molar-refractivity contribution is 5.93. The maximum absolute atomic E-state index is 11.1. The molecule has 1 rings (SSSR count). The van der Waals surface area contributed by atoms with Crippen molar-refractivity contribution in [1.82, 2.24) is 4.98 Å². The second-order valence-corrected chi connectivity index (χ2v) is 3.04. The molecule has 0 aliphatic carbocycles. The van der Waals surface area contributed by atoms with E-state index in [0.717, 1.165) is 11.3 Å². The van der Waals surface area contributed by atoms with Gasteiger partial charge in [-0.3, -0.25) is 9.78 Å². The molecule has 82 valence electrons. The average molecular weight is 209 g/mol. The molecule has 4 N–H and O–H groups in total. The first-order chi connectivity index (χ1) is 7.19. The van der Waals surface area contributed by atoms with Crippen molar-refractivity contribution in [2.24, 2.45) is 11.5 Å². The monoisotopic (exact) mass is 209 g/mol. The lowest BCUT2D eigenvalue weighted by atomic mass is 10.1. The van der Waals surface area contributed by atoms with E-state index in [4.69, 9.17) is 16.2 Å². The van der Waals surface area contributed by atoms with Crippen molar-refractivity contribution in [3.8, 4) is 0 Å². The summed E-state index contributed by atoms with van der Waals surface area (Å²) in [6.45, 7) is 3.15. The van der Waals surface area contributed by atoms with E-state index in [9.17, 15) is 4.79 Å². The van der Waals surface area contributed by atoms with Crippen molar-refractivity contribution in [2.45, 2.75) is 20.1 Å². The molecule has 0 bridgehead atoms. The second-order valence-electron chi connectivity index (χ2n) is 3.04. The Balaban J connectivity index is 2.99. The van der Waals surface area contributed by atoms with Gasteiger partial charge < -0.3 is 16.2 Å². The first kappa shape index (κ1) is 11.6. The molecule has 1 heterocycles. The van der Waals surface area contributed by atoms with E-state index in [1.54, 1.807) is 6.07 Å². The van der Waals surface area contributed by atoms with Crippen LogP contribution >= 0.6 is 0 Å². The van der Waals surface area contributed by atoms with Crippen molar-refractivity contribution >= 4 is 5.91 Å². The van der Waals surface area contributed by atoms with E-state index in [1.165, 1.54) is 6.20 Å². The van der Waals surface area contributed by atoms with Crippen LogP contribution in [-0.2, 0) is 17.9 Å². The number of pyridine rings is 1. The van der Waals surface area contributed by atoms with Crippen LogP contribution in [0.4, 0.5) is 0 Å². The summed E-state index contributed by atoms with van der Waals surface area (Å²) < 4.78 is 5.23. The van der Waals surface area contributed by atoms with Gasteiger partial charge in [0.25, 0.3) is 5.91 Å². The lowest BCUT2D eigenvalue weighted by Crippen LogP contribution is -2.16. The molecular weight excluding hydrogens is 194 g/mol. The molecule has 0 radical (unpaired) electrons. The average Bonchev–Trinajstić information content (AvgIpc) is 2.25. The first-order valence-electron chi connectivity index (χ1n) is 4.74. The van der Waals surface area contributed by atoms with Crippen LogP contribution in [0.15, 0.2) is 12.3 Å². The predicted octanol–water partition coefficient (Wildman–Crippen LogP) is 0.176. The summed E-state index contributed by atoms with van der Waals surface area (Å²) in [4.78, 5) is 15.1. The topological polar surface area (TPSA) is 91.2 Å². The molecule has 0 aliphatic rings. The van der Waals surface area contributed by atoms with Crippen molar-refractivity contribution < 1.29 is 9.53 Å². The third kappa shape index (κ3) is 3.00. The minimum Gasteiger partial charge on any atom is -0.377 e. The third-order valence-corrected chi connectivity index (χ3v) is 1.98. The molecule has 15 heavy (non-hydrogen) atoms. The summed E-state index contributed by atoms with van der Waals surface area (Å²) in [5.74, 6) is -0.499. The highest BCUT2D eigenvalue weighted by Gasteiger charge is 2.09. The number of ether oxygens (including phenoxy) is 1. The maximum atomic E-state index is 11.1. The number of amides is 1. The van der Waals surface area contributed by atoms with Gasteiger partial charge in [0, 0.05) is 19.3 Å². The molecular formula is C10H15N3O2. The van der Waals surface area contributed by atoms with Gasteiger partial charge in [-0.15, -0.1) is 0 Å². The molecule has 0 aromatic carbocycles. The van der Waals surface area contributed by atoms with E-state index in [1.807, 2.05) is 6.92 Å². The molecule has 0 saturated carbocycles. The van der Waals surface area contributed by atoms with Gasteiger partial charge in [0.15, 0.2) is 0 Å². The number of carbonyl (C=O) groups is 1. The number of nitrogens with two attached hydrogens (primary N) is 2. The zero-order valence-electron chi connectivity index (χ0n) is 8.69. The number of hydrogen-bond donors (Lipinski definition) is 2. The summed E-state index contributed by atoms with van der Waals surface area (Å²) in [7, 11) is 0. The Morgan fingerprint density at radius 3 is 2.87 bits per heavy atom. The van der Waals surface area contributed by atoms with Gasteiger partial charge in [0.1, 0.15) is 0 Å². The molecule has 5 heteroatoms. The predicted molar refractivity (Wildman–Crippen MR) is 56.0 cm³/mol. The lowest BCUT2D eigenvalue weighted by Gasteiger charge is -2.07. The van der Waals surface area contributed by atoms with Gasteiger partial charge in [-0.1, -0.05) is 0 Å². The molecule has 0 saturated heterocycles. The SMILES string of the molecule is CCOCc1cc(CN)ncc1C(N)=O. The number of hydrogen-bond acceptors (Lipinski definition) is 4. The fourth-order valence-electron chi connectivity index (χ4n) is 1.21. The van der Waals surface area contributed by atoms with Gasteiger partial charge in [-0.2, -0.15) is 0 Å². The highest BCUT2D eigenvalue weighted by atomic mass is 16.5. The van der Waals surface area contributed by atoms with Crippen LogP contribution in [0.25, 0.3) is 0 Å². The summed E-state index contributed by atoms with van der Waals surface area (Å²) in [5.41, 5.74) is 12.5. The molecule has 0 unspecified atom stereocenters. The first-order valence-corrected chi connectivity index (χ1v) is 4.74. The minimum absolute atomic E-state index is 0.332. The molecule has 1 aromatic rings. The van der Waals surface area contributed by atoms with Crippen LogP contribution < -0.4 is 11.5 Å². The zero-order valence-corrected chi connectivity index (χ0v) is 8.69. The van der Waals surface area contributed by atoms with E-state index < -0.39 is 5.91 Å². The summed E-state index contributed by atoms with van der Waals surface area (Å²) in [6, 6.07) is 1.75. The van der Waals surface area contributed by atoms with Crippen LogP contribution in [0.1, 0.15) is 28.5 Å². The summed E-state index contributed by atoms with van der Waals surface area (Å²) >= 11 is 0. The van der Waals surface area contributed by atoms with Crippen LogP contribution in [-0.4, -0.2) is 17.5 Å². The van der Waals surface area contributed by atoms with Crippen LogP contribution in [0.3, 0.4) is 0 Å². The molecule has 5 nitrogen and oxygen atoms in total. The summed E-state index contributed by atoms with van der Waals surface area (Å²) in [6.07, 6.45) is 1.44. The Kier molecular flexibility index (Phi) is 4.20. The van der Waals surface area contributed by atoms with Crippen LogP contribution in [0, 0.1) is 0 Å². The van der Waals surface area contributed by atoms with Gasteiger partial charge in [-0.05, 0) is 18.6 Å². The normalized spacial score (nSPS) is 10.3. The van der Waals surface area contributed by atoms with Gasteiger partial charge in [0.05, 0.1) is 17.9 Å². The van der Waals surface area contributed by atoms with Crippen molar-refractivity contribution in [2.75, 3.05) is 6.61 Å². The fourth-order valence-corrected chi connectivity index (χ4v) is 1.21.